The van der Waals surface area contributed by atoms with Crippen molar-refractivity contribution < 1.29 is 0 Å². The smallest absolute Gasteiger partial charge is 0.0999 e. The molecule has 2 radical (unpaired) electrons. The lowest BCUT2D eigenvalue weighted by Crippen LogP contribution is -1.84. The second-order valence-electron chi connectivity index (χ2n) is 1.73. The van der Waals surface area contributed by atoms with Crippen molar-refractivity contribution in [2.75, 3.05) is 0 Å². The lowest BCUT2D eigenvalue weighted by Gasteiger charge is -1.71. The van der Waals surface area contributed by atoms with Crippen molar-refractivity contribution in [2.24, 2.45) is 0 Å². The van der Waals surface area contributed by atoms with E-state index < -0.39 is 0 Å². The average Bonchev–Trinajstić information content (AvgIpc) is 1.41. The van der Waals surface area contributed by atoms with Crippen LogP contribution >= 0.6 is 0 Å². The molecule has 0 aromatic heterocycles. The Morgan fingerprint density at radius 3 is 1.00 bits per heavy atom. The van der Waals surface area contributed by atoms with Crippen molar-refractivity contribution >= 4 is 14.6 Å². The molecule has 0 unspecified atom stereocenters. The van der Waals surface area contributed by atoms with Crippen molar-refractivity contribution in [3.8, 4) is 0 Å². The molecular formula is C4H12B2. The maximum atomic E-state index is 4.50. The molecule has 34 valence electrons. The maximum absolute atomic E-state index is 4.50. The van der Waals surface area contributed by atoms with E-state index in [1.54, 1.807) is 0 Å². The third-order valence-corrected chi connectivity index (χ3v) is 0. The standard InChI is InChI=1S/C3H9B.CH3B/c1-4(2)3;1-2/h1-3H3;1H3. The van der Waals surface area contributed by atoms with Crippen molar-refractivity contribution in [3.63, 3.8) is 0 Å². The van der Waals surface area contributed by atoms with Crippen LogP contribution in [0.3, 0.4) is 0 Å². The van der Waals surface area contributed by atoms with Crippen LogP contribution in [-0.2, 0) is 0 Å². The van der Waals surface area contributed by atoms with E-state index in [4.69, 9.17) is 0 Å². The molecule has 0 fully saturated rings. The molecule has 0 N–H and O–H groups in total. The number of hydrogen-bond donors (Lipinski definition) is 0. The van der Waals surface area contributed by atoms with Crippen LogP contribution < -0.4 is 0 Å². The molecule has 0 aliphatic heterocycles. The first kappa shape index (κ1) is 9.46. The first-order chi connectivity index (χ1) is 2.73. The third kappa shape index (κ3) is 2400. The Morgan fingerprint density at radius 1 is 1.00 bits per heavy atom. The van der Waals surface area contributed by atoms with E-state index >= 15 is 0 Å². The molecule has 0 saturated carbocycles. The maximum Gasteiger partial charge on any atom is 0.130 e. The summed E-state index contributed by atoms with van der Waals surface area (Å²) in [6, 6.07) is 0. The van der Waals surface area contributed by atoms with Gasteiger partial charge in [0.2, 0.25) is 0 Å². The molecule has 2 heteroatoms. The molecule has 0 aromatic carbocycles. The highest BCUT2D eigenvalue weighted by Gasteiger charge is 1.76. The van der Waals surface area contributed by atoms with E-state index in [0.717, 1.165) is 6.71 Å². The molecule has 0 nitrogen and oxygen atoms in total. The lowest BCUT2D eigenvalue weighted by atomic mass is 9.58. The summed E-state index contributed by atoms with van der Waals surface area (Å²) in [5.74, 6) is 0. The van der Waals surface area contributed by atoms with Crippen molar-refractivity contribution in [1.29, 1.82) is 0 Å². The molecule has 0 aromatic rings. The van der Waals surface area contributed by atoms with Crippen LogP contribution in [0.2, 0.25) is 27.3 Å². The van der Waals surface area contributed by atoms with Gasteiger partial charge in [0, 0.05) is 0 Å². The zero-order chi connectivity index (χ0) is 5.58. The van der Waals surface area contributed by atoms with Crippen LogP contribution in [-0.4, -0.2) is 14.6 Å². The van der Waals surface area contributed by atoms with E-state index in [9.17, 15) is 0 Å². The molecular weight excluding hydrogens is 69.7 g/mol. The van der Waals surface area contributed by atoms with Crippen LogP contribution in [0.4, 0.5) is 0 Å². The van der Waals surface area contributed by atoms with Gasteiger partial charge in [0.05, 0.1) is 7.85 Å². The van der Waals surface area contributed by atoms with Gasteiger partial charge in [-0.25, -0.2) is 0 Å². The monoisotopic (exact) mass is 82.1 g/mol. The van der Waals surface area contributed by atoms with Crippen molar-refractivity contribution in [1.82, 2.24) is 0 Å². The summed E-state index contributed by atoms with van der Waals surface area (Å²) < 4.78 is 0. The van der Waals surface area contributed by atoms with E-state index in [2.05, 4.69) is 28.3 Å². The Hall–Kier alpha value is 0.130. The van der Waals surface area contributed by atoms with E-state index in [1.165, 1.54) is 6.82 Å². The van der Waals surface area contributed by atoms with Gasteiger partial charge in [-0.1, -0.05) is 27.3 Å². The quantitative estimate of drug-likeness (QED) is 0.389. The molecule has 0 aliphatic carbocycles. The summed E-state index contributed by atoms with van der Waals surface area (Å²) in [6.07, 6.45) is 0. The minimum atomic E-state index is 0.833. The van der Waals surface area contributed by atoms with Crippen molar-refractivity contribution in [2.45, 2.75) is 27.3 Å². The predicted molar refractivity (Wildman–Crippen MR) is 35.0 cm³/mol. The lowest BCUT2D eigenvalue weighted by molar-refractivity contribution is 1.91. The van der Waals surface area contributed by atoms with E-state index in [-0.39, 0.29) is 0 Å². The summed E-state index contributed by atoms with van der Waals surface area (Å²) in [5, 5.41) is 0. The predicted octanol–water partition coefficient (Wildman–Crippen LogP) is 1.57. The van der Waals surface area contributed by atoms with Gasteiger partial charge in [-0.15, -0.1) is 0 Å². The average molecular weight is 81.8 g/mol. The van der Waals surface area contributed by atoms with Crippen LogP contribution in [0, 0.1) is 0 Å². The minimum absolute atomic E-state index is 0.833. The fourth-order valence-electron chi connectivity index (χ4n) is 0. The summed E-state index contributed by atoms with van der Waals surface area (Å²) >= 11 is 0. The molecule has 0 aliphatic rings. The summed E-state index contributed by atoms with van der Waals surface area (Å²) in [7, 11) is 4.50. The summed E-state index contributed by atoms with van der Waals surface area (Å²) in [6.45, 7) is 8.83. The van der Waals surface area contributed by atoms with Crippen LogP contribution in [0.5, 0.6) is 0 Å². The van der Waals surface area contributed by atoms with Gasteiger partial charge in [0.25, 0.3) is 0 Å². The first-order valence-electron chi connectivity index (χ1n) is 2.31. The first-order valence-corrected chi connectivity index (χ1v) is 2.31. The van der Waals surface area contributed by atoms with Gasteiger partial charge in [0.15, 0.2) is 0 Å². The second kappa shape index (κ2) is 8.93. The topological polar surface area (TPSA) is 0 Å². The van der Waals surface area contributed by atoms with Gasteiger partial charge in [-0.3, -0.25) is 0 Å². The Morgan fingerprint density at radius 2 is 1.00 bits per heavy atom. The zero-order valence-corrected chi connectivity index (χ0v) is 5.15. The van der Waals surface area contributed by atoms with Crippen LogP contribution in [0.1, 0.15) is 0 Å². The molecule has 6 heavy (non-hydrogen) atoms. The molecule has 0 atom stereocenters. The zero-order valence-electron chi connectivity index (χ0n) is 5.15. The Kier molecular flexibility index (Phi) is 14.1. The van der Waals surface area contributed by atoms with Gasteiger partial charge in [-0.2, -0.15) is 0 Å². The highest BCUT2D eigenvalue weighted by Crippen LogP contribution is 1.68. The Balaban J connectivity index is 0. The second-order valence-corrected chi connectivity index (χ2v) is 1.73. The molecule has 0 bridgehead atoms. The summed E-state index contributed by atoms with van der Waals surface area (Å²) in [5.41, 5.74) is 0. The SMILES string of the molecule is CB(C)C.[B]C. The molecule has 0 heterocycles. The molecule has 0 rings (SSSR count). The minimum Gasteiger partial charge on any atom is -0.0999 e. The largest absolute Gasteiger partial charge is 0.130 e. The van der Waals surface area contributed by atoms with Crippen LogP contribution in [0.25, 0.3) is 0 Å². The normalized spacial score (nSPS) is 5.33. The van der Waals surface area contributed by atoms with E-state index in [0.29, 0.717) is 0 Å². The van der Waals surface area contributed by atoms with Gasteiger partial charge < -0.3 is 0 Å². The Bertz CT molecular complexity index is 10.3. The Labute approximate surface area is 42.8 Å². The fraction of sp³-hybridized carbons (Fsp3) is 1.00. The van der Waals surface area contributed by atoms with Gasteiger partial charge >= 0.3 is 0 Å². The highest BCUT2D eigenvalue weighted by molar-refractivity contribution is 6.54. The summed E-state index contributed by atoms with van der Waals surface area (Å²) in [4.78, 5) is 0. The molecule has 0 amide bonds. The highest BCUT2D eigenvalue weighted by atomic mass is 13.2. The number of hydrogen-bond acceptors (Lipinski definition) is 0. The number of rotatable bonds is 0. The van der Waals surface area contributed by atoms with Gasteiger partial charge in [-0.05, 0) is 0 Å². The van der Waals surface area contributed by atoms with E-state index in [1.807, 2.05) is 0 Å². The fourth-order valence-corrected chi connectivity index (χ4v) is 0. The van der Waals surface area contributed by atoms with Crippen LogP contribution in [0.15, 0.2) is 0 Å². The third-order valence-electron chi connectivity index (χ3n) is 0. The molecule has 0 spiro atoms. The van der Waals surface area contributed by atoms with Crippen molar-refractivity contribution in [3.05, 3.63) is 0 Å². The molecule has 0 saturated heterocycles. The van der Waals surface area contributed by atoms with Gasteiger partial charge in [0.1, 0.15) is 6.71 Å².